The van der Waals surface area contributed by atoms with Crippen LogP contribution in [0.15, 0.2) is 18.3 Å². The topological polar surface area (TPSA) is 66.0 Å². The van der Waals surface area contributed by atoms with Crippen molar-refractivity contribution in [2.45, 2.75) is 18.9 Å². The van der Waals surface area contributed by atoms with Crippen molar-refractivity contribution in [2.75, 3.05) is 52.8 Å². The molecule has 1 aliphatic rings. The Morgan fingerprint density at radius 1 is 1.35 bits per heavy atom. The summed E-state index contributed by atoms with van der Waals surface area (Å²) in [7, 11) is 3.66. The molecular formula is C15H26N4O3S. The van der Waals surface area contributed by atoms with Gasteiger partial charge in [-0.25, -0.2) is 4.98 Å². The van der Waals surface area contributed by atoms with Crippen LogP contribution in [-0.2, 0) is 21.4 Å². The number of pyridine rings is 1. The minimum Gasteiger partial charge on any atom is -0.375 e. The number of ether oxygens (including phenoxy) is 1. The van der Waals surface area contributed by atoms with Crippen LogP contribution in [-0.4, -0.2) is 76.0 Å². The molecule has 1 atom stereocenters. The van der Waals surface area contributed by atoms with Crippen molar-refractivity contribution in [2.24, 2.45) is 0 Å². The lowest BCUT2D eigenvalue weighted by atomic mass is 10.1. The number of aryl methyl sites for hydroxylation is 1. The van der Waals surface area contributed by atoms with Crippen molar-refractivity contribution in [3.63, 3.8) is 0 Å². The number of anilines is 1. The van der Waals surface area contributed by atoms with Gasteiger partial charge in [-0.15, -0.1) is 0 Å². The van der Waals surface area contributed by atoms with Crippen molar-refractivity contribution in [1.29, 1.82) is 0 Å². The highest BCUT2D eigenvalue weighted by molar-refractivity contribution is 7.86. The second-order valence-corrected chi connectivity index (χ2v) is 8.24. The highest BCUT2D eigenvalue weighted by Gasteiger charge is 2.30. The molecule has 0 saturated carbocycles. The zero-order chi connectivity index (χ0) is 17.0. The Labute approximate surface area is 139 Å². The first-order valence-corrected chi connectivity index (χ1v) is 9.12. The third-order valence-electron chi connectivity index (χ3n) is 3.91. The van der Waals surface area contributed by atoms with Gasteiger partial charge < -0.3 is 9.64 Å². The summed E-state index contributed by atoms with van der Waals surface area (Å²) in [6.07, 6.45) is 3.35. The van der Waals surface area contributed by atoms with Crippen LogP contribution < -0.4 is 4.90 Å². The van der Waals surface area contributed by atoms with E-state index in [1.54, 1.807) is 20.3 Å². The molecule has 2 heterocycles. The van der Waals surface area contributed by atoms with Gasteiger partial charge in [-0.3, -0.25) is 0 Å². The minimum absolute atomic E-state index is 0.0746. The smallest absolute Gasteiger partial charge is 0.281 e. The van der Waals surface area contributed by atoms with E-state index in [1.165, 1.54) is 14.2 Å². The van der Waals surface area contributed by atoms with E-state index in [0.717, 1.165) is 18.7 Å². The Morgan fingerprint density at radius 2 is 2.09 bits per heavy atom. The van der Waals surface area contributed by atoms with Gasteiger partial charge in [0.2, 0.25) is 0 Å². The number of aromatic nitrogens is 1. The summed E-state index contributed by atoms with van der Waals surface area (Å²) >= 11 is 0. The second kappa shape index (κ2) is 7.57. The lowest BCUT2D eigenvalue weighted by Gasteiger charge is -2.33. The summed E-state index contributed by atoms with van der Waals surface area (Å²) in [4.78, 5) is 6.26. The molecule has 23 heavy (non-hydrogen) atoms. The molecule has 0 N–H and O–H groups in total. The Balaban J connectivity index is 1.95. The van der Waals surface area contributed by atoms with E-state index >= 15 is 0 Å². The van der Waals surface area contributed by atoms with Crippen molar-refractivity contribution in [3.05, 3.63) is 23.9 Å². The molecule has 0 bridgehead atoms. The van der Waals surface area contributed by atoms with Crippen molar-refractivity contribution >= 4 is 16.0 Å². The summed E-state index contributed by atoms with van der Waals surface area (Å²) in [6.45, 7) is 1.26. The maximum Gasteiger partial charge on any atom is 0.281 e. The van der Waals surface area contributed by atoms with Crippen molar-refractivity contribution in [1.82, 2.24) is 13.6 Å². The predicted octanol–water partition coefficient (Wildman–Crippen LogP) is 0.587. The second-order valence-electron chi connectivity index (χ2n) is 6.10. The first-order valence-electron chi connectivity index (χ1n) is 7.72. The molecule has 0 amide bonds. The quantitative estimate of drug-likeness (QED) is 0.757. The SMILES string of the molecule is CN(C)c1cc(CC[C@H]2CN(S(=O)(=O)N(C)C)CCO2)ccn1. The maximum absolute atomic E-state index is 12.2. The summed E-state index contributed by atoms with van der Waals surface area (Å²) in [5, 5.41) is 0. The number of rotatable bonds is 6. The number of hydrogen-bond donors (Lipinski definition) is 0. The molecule has 130 valence electrons. The Morgan fingerprint density at radius 3 is 2.74 bits per heavy atom. The van der Waals surface area contributed by atoms with Gasteiger partial charge in [0.05, 0.1) is 12.7 Å². The Kier molecular flexibility index (Phi) is 5.96. The highest BCUT2D eigenvalue weighted by atomic mass is 32.2. The van der Waals surface area contributed by atoms with Crippen LogP contribution in [0.25, 0.3) is 0 Å². The summed E-state index contributed by atoms with van der Waals surface area (Å²) in [5.41, 5.74) is 1.18. The minimum atomic E-state index is -3.36. The molecule has 1 aliphatic heterocycles. The summed E-state index contributed by atoms with van der Waals surface area (Å²) in [6, 6.07) is 4.04. The molecule has 1 fully saturated rings. The van der Waals surface area contributed by atoms with Crippen LogP contribution >= 0.6 is 0 Å². The van der Waals surface area contributed by atoms with E-state index in [9.17, 15) is 8.42 Å². The predicted molar refractivity (Wildman–Crippen MR) is 90.8 cm³/mol. The lowest BCUT2D eigenvalue weighted by molar-refractivity contribution is -0.00652. The molecule has 1 aromatic rings. The molecule has 8 heteroatoms. The van der Waals surface area contributed by atoms with Gasteiger partial charge in [0.25, 0.3) is 10.2 Å². The number of morpholine rings is 1. The molecule has 0 unspecified atom stereocenters. The van der Waals surface area contributed by atoms with Gasteiger partial charge in [0.1, 0.15) is 5.82 Å². The molecule has 1 aromatic heterocycles. The van der Waals surface area contributed by atoms with Gasteiger partial charge >= 0.3 is 0 Å². The van der Waals surface area contributed by atoms with Crippen LogP contribution in [0.3, 0.4) is 0 Å². The van der Waals surface area contributed by atoms with E-state index in [4.69, 9.17) is 4.74 Å². The molecule has 2 rings (SSSR count). The first kappa shape index (κ1) is 18.1. The standard InChI is InChI=1S/C15H26N4O3S/c1-17(2)15-11-13(7-8-16-15)5-6-14-12-19(9-10-22-14)23(20,21)18(3)4/h7-8,11,14H,5-6,9-10,12H2,1-4H3/t14-/m0/s1. The van der Waals surface area contributed by atoms with E-state index in [1.807, 2.05) is 25.1 Å². The molecule has 0 spiro atoms. The summed E-state index contributed by atoms with van der Waals surface area (Å²) in [5.74, 6) is 0.920. The van der Waals surface area contributed by atoms with E-state index in [2.05, 4.69) is 11.1 Å². The maximum atomic E-state index is 12.2. The lowest BCUT2D eigenvalue weighted by Crippen LogP contribution is -2.49. The largest absolute Gasteiger partial charge is 0.375 e. The van der Waals surface area contributed by atoms with E-state index in [-0.39, 0.29) is 6.10 Å². The fraction of sp³-hybridized carbons (Fsp3) is 0.667. The van der Waals surface area contributed by atoms with Gasteiger partial charge in [-0.2, -0.15) is 17.0 Å². The van der Waals surface area contributed by atoms with Crippen LogP contribution in [0.5, 0.6) is 0 Å². The van der Waals surface area contributed by atoms with E-state index < -0.39 is 10.2 Å². The zero-order valence-electron chi connectivity index (χ0n) is 14.3. The van der Waals surface area contributed by atoms with Gasteiger partial charge in [0.15, 0.2) is 0 Å². The van der Waals surface area contributed by atoms with Crippen LogP contribution in [0.2, 0.25) is 0 Å². The average molecular weight is 342 g/mol. The van der Waals surface area contributed by atoms with Gasteiger partial charge in [-0.1, -0.05) is 0 Å². The molecule has 0 aliphatic carbocycles. The van der Waals surface area contributed by atoms with Crippen LogP contribution in [0, 0.1) is 0 Å². The number of nitrogens with zero attached hydrogens (tertiary/aromatic N) is 4. The first-order chi connectivity index (χ1) is 10.8. The number of hydrogen-bond acceptors (Lipinski definition) is 5. The summed E-state index contributed by atoms with van der Waals surface area (Å²) < 4.78 is 32.9. The molecule has 1 saturated heterocycles. The molecule has 7 nitrogen and oxygen atoms in total. The van der Waals surface area contributed by atoms with E-state index in [0.29, 0.717) is 19.7 Å². The average Bonchev–Trinajstić information content (AvgIpc) is 2.53. The van der Waals surface area contributed by atoms with Crippen LogP contribution in [0.1, 0.15) is 12.0 Å². The monoisotopic (exact) mass is 342 g/mol. The molecule has 0 aromatic carbocycles. The molecule has 0 radical (unpaired) electrons. The normalized spacial score (nSPS) is 20.0. The fourth-order valence-electron chi connectivity index (χ4n) is 2.50. The third kappa shape index (κ3) is 4.63. The zero-order valence-corrected chi connectivity index (χ0v) is 15.1. The van der Waals surface area contributed by atoms with Gasteiger partial charge in [0, 0.05) is 47.5 Å². The third-order valence-corrected chi connectivity index (χ3v) is 5.82. The molecular weight excluding hydrogens is 316 g/mol. The Bertz CT molecular complexity index is 619. The van der Waals surface area contributed by atoms with Crippen molar-refractivity contribution < 1.29 is 13.2 Å². The Hall–Kier alpha value is -1.22. The highest BCUT2D eigenvalue weighted by Crippen LogP contribution is 2.17. The van der Waals surface area contributed by atoms with Crippen LogP contribution in [0.4, 0.5) is 5.82 Å². The fourth-order valence-corrected chi connectivity index (χ4v) is 3.62. The van der Waals surface area contributed by atoms with Crippen molar-refractivity contribution in [3.8, 4) is 0 Å². The van der Waals surface area contributed by atoms with Gasteiger partial charge in [-0.05, 0) is 30.5 Å².